The minimum atomic E-state index is 0.167. The van der Waals surface area contributed by atoms with Gasteiger partial charge >= 0.3 is 0 Å². The van der Waals surface area contributed by atoms with Gasteiger partial charge in [-0.25, -0.2) is 0 Å². The van der Waals surface area contributed by atoms with Crippen molar-refractivity contribution in [3.63, 3.8) is 0 Å². The third-order valence-corrected chi connectivity index (χ3v) is 3.47. The normalized spacial score (nSPS) is 25.5. The van der Waals surface area contributed by atoms with E-state index in [1.807, 2.05) is 0 Å². The van der Waals surface area contributed by atoms with Gasteiger partial charge in [0, 0.05) is 19.5 Å². The van der Waals surface area contributed by atoms with Gasteiger partial charge in [-0.2, -0.15) is 0 Å². The standard InChI is InChI=1S/C12H24N2O/c1-2-10-3-4-11(9-10)5-6-12(15)14-8-7-13/h10-11H,2-9,13H2,1H3,(H,14,15). The number of nitrogens with two attached hydrogens (primary N) is 1. The quantitative estimate of drug-likeness (QED) is 0.703. The van der Waals surface area contributed by atoms with E-state index in [-0.39, 0.29) is 5.91 Å². The van der Waals surface area contributed by atoms with E-state index in [0.29, 0.717) is 19.5 Å². The molecule has 3 N–H and O–H groups in total. The summed E-state index contributed by atoms with van der Waals surface area (Å²) >= 11 is 0. The van der Waals surface area contributed by atoms with Gasteiger partial charge in [0.15, 0.2) is 0 Å². The average Bonchev–Trinajstić information content (AvgIpc) is 2.71. The number of amides is 1. The van der Waals surface area contributed by atoms with Crippen LogP contribution in [0.2, 0.25) is 0 Å². The summed E-state index contributed by atoms with van der Waals surface area (Å²) in [6.45, 7) is 3.41. The van der Waals surface area contributed by atoms with E-state index < -0.39 is 0 Å². The lowest BCUT2D eigenvalue weighted by molar-refractivity contribution is -0.121. The average molecular weight is 212 g/mol. The summed E-state index contributed by atoms with van der Waals surface area (Å²) in [5.41, 5.74) is 5.32. The van der Waals surface area contributed by atoms with Crippen molar-refractivity contribution in [1.82, 2.24) is 5.32 Å². The van der Waals surface area contributed by atoms with Crippen molar-refractivity contribution in [2.45, 2.75) is 45.4 Å². The van der Waals surface area contributed by atoms with Crippen molar-refractivity contribution in [2.75, 3.05) is 13.1 Å². The van der Waals surface area contributed by atoms with Gasteiger partial charge in [-0.3, -0.25) is 4.79 Å². The highest BCUT2D eigenvalue weighted by Crippen LogP contribution is 2.35. The molecule has 0 radical (unpaired) electrons. The molecule has 0 saturated heterocycles. The molecule has 0 aromatic rings. The zero-order valence-corrected chi connectivity index (χ0v) is 9.80. The van der Waals surface area contributed by atoms with Crippen LogP contribution in [0.15, 0.2) is 0 Å². The summed E-state index contributed by atoms with van der Waals surface area (Å²) in [5, 5.41) is 2.82. The van der Waals surface area contributed by atoms with Crippen LogP contribution in [0.25, 0.3) is 0 Å². The maximum absolute atomic E-state index is 11.3. The molecule has 0 aliphatic heterocycles. The molecule has 88 valence electrons. The Bertz CT molecular complexity index is 194. The van der Waals surface area contributed by atoms with Crippen molar-refractivity contribution in [3.05, 3.63) is 0 Å². The van der Waals surface area contributed by atoms with E-state index >= 15 is 0 Å². The Hall–Kier alpha value is -0.570. The first-order chi connectivity index (χ1) is 7.26. The van der Waals surface area contributed by atoms with Gasteiger partial charge < -0.3 is 11.1 Å². The van der Waals surface area contributed by atoms with Gasteiger partial charge in [-0.05, 0) is 24.7 Å². The van der Waals surface area contributed by atoms with Crippen molar-refractivity contribution < 1.29 is 4.79 Å². The summed E-state index contributed by atoms with van der Waals surface area (Å²) in [6, 6.07) is 0. The first-order valence-corrected chi connectivity index (χ1v) is 6.23. The molecule has 0 heterocycles. The number of hydrogen-bond acceptors (Lipinski definition) is 2. The zero-order valence-electron chi connectivity index (χ0n) is 9.80. The fourth-order valence-electron chi connectivity index (χ4n) is 2.45. The van der Waals surface area contributed by atoms with Crippen LogP contribution in [0, 0.1) is 11.8 Å². The van der Waals surface area contributed by atoms with E-state index in [9.17, 15) is 4.79 Å². The summed E-state index contributed by atoms with van der Waals surface area (Å²) in [6.07, 6.45) is 7.07. The minimum absolute atomic E-state index is 0.167. The molecule has 3 nitrogen and oxygen atoms in total. The Morgan fingerprint density at radius 3 is 2.73 bits per heavy atom. The van der Waals surface area contributed by atoms with Gasteiger partial charge in [0.25, 0.3) is 0 Å². The van der Waals surface area contributed by atoms with Crippen molar-refractivity contribution in [3.8, 4) is 0 Å². The highest BCUT2D eigenvalue weighted by Gasteiger charge is 2.23. The Morgan fingerprint density at radius 1 is 1.40 bits per heavy atom. The molecule has 1 aliphatic rings. The Labute approximate surface area is 92.8 Å². The van der Waals surface area contributed by atoms with Crippen LogP contribution in [-0.4, -0.2) is 19.0 Å². The highest BCUT2D eigenvalue weighted by molar-refractivity contribution is 5.75. The molecular formula is C12H24N2O. The number of carbonyl (C=O) groups is 1. The summed E-state index contributed by atoms with van der Waals surface area (Å²) < 4.78 is 0. The molecule has 0 aromatic heterocycles. The monoisotopic (exact) mass is 212 g/mol. The Kier molecular flexibility index (Phi) is 5.69. The maximum Gasteiger partial charge on any atom is 0.220 e. The van der Waals surface area contributed by atoms with Crippen LogP contribution in [0.4, 0.5) is 0 Å². The van der Waals surface area contributed by atoms with Crippen LogP contribution < -0.4 is 11.1 Å². The third-order valence-electron chi connectivity index (χ3n) is 3.47. The third kappa shape index (κ3) is 4.65. The van der Waals surface area contributed by atoms with Gasteiger partial charge in [-0.1, -0.05) is 26.2 Å². The van der Waals surface area contributed by atoms with Crippen LogP contribution in [0.3, 0.4) is 0 Å². The number of carbonyl (C=O) groups excluding carboxylic acids is 1. The second kappa shape index (κ2) is 6.83. The summed E-state index contributed by atoms with van der Waals surface area (Å²) in [5.74, 6) is 1.88. The lowest BCUT2D eigenvalue weighted by atomic mass is 9.98. The van der Waals surface area contributed by atoms with E-state index in [1.165, 1.54) is 25.7 Å². The van der Waals surface area contributed by atoms with Gasteiger partial charge in [-0.15, -0.1) is 0 Å². The van der Waals surface area contributed by atoms with E-state index in [1.54, 1.807) is 0 Å². The molecule has 3 heteroatoms. The van der Waals surface area contributed by atoms with E-state index in [0.717, 1.165) is 18.3 Å². The summed E-state index contributed by atoms with van der Waals surface area (Å²) in [7, 11) is 0. The Morgan fingerprint density at radius 2 is 2.13 bits per heavy atom. The SMILES string of the molecule is CCC1CCC(CCC(=O)NCCN)C1. The number of hydrogen-bond donors (Lipinski definition) is 2. The fraction of sp³-hybridized carbons (Fsp3) is 0.917. The van der Waals surface area contributed by atoms with E-state index in [4.69, 9.17) is 5.73 Å². The molecule has 1 rings (SSSR count). The van der Waals surface area contributed by atoms with Crippen LogP contribution in [0.1, 0.15) is 45.4 Å². The lowest BCUT2D eigenvalue weighted by Crippen LogP contribution is -2.29. The number of rotatable bonds is 6. The molecule has 2 unspecified atom stereocenters. The first-order valence-electron chi connectivity index (χ1n) is 6.23. The molecule has 1 aliphatic carbocycles. The topological polar surface area (TPSA) is 55.1 Å². The second-order valence-corrected chi connectivity index (χ2v) is 4.63. The fourth-order valence-corrected chi connectivity index (χ4v) is 2.45. The van der Waals surface area contributed by atoms with E-state index in [2.05, 4.69) is 12.2 Å². The lowest BCUT2D eigenvalue weighted by Gasteiger charge is -2.09. The molecule has 1 fully saturated rings. The largest absolute Gasteiger partial charge is 0.355 e. The molecule has 15 heavy (non-hydrogen) atoms. The first kappa shape index (κ1) is 12.5. The minimum Gasteiger partial charge on any atom is -0.355 e. The molecule has 1 saturated carbocycles. The predicted octanol–water partition coefficient (Wildman–Crippen LogP) is 1.67. The highest BCUT2D eigenvalue weighted by atomic mass is 16.1. The van der Waals surface area contributed by atoms with Crippen molar-refractivity contribution in [2.24, 2.45) is 17.6 Å². The predicted molar refractivity (Wildman–Crippen MR) is 62.4 cm³/mol. The maximum atomic E-state index is 11.3. The van der Waals surface area contributed by atoms with Crippen molar-refractivity contribution in [1.29, 1.82) is 0 Å². The molecule has 0 spiro atoms. The van der Waals surface area contributed by atoms with Gasteiger partial charge in [0.1, 0.15) is 0 Å². The summed E-state index contributed by atoms with van der Waals surface area (Å²) in [4.78, 5) is 11.3. The van der Waals surface area contributed by atoms with Crippen LogP contribution in [0.5, 0.6) is 0 Å². The second-order valence-electron chi connectivity index (χ2n) is 4.63. The zero-order chi connectivity index (χ0) is 11.1. The molecular weight excluding hydrogens is 188 g/mol. The van der Waals surface area contributed by atoms with Gasteiger partial charge in [0.05, 0.1) is 0 Å². The van der Waals surface area contributed by atoms with Gasteiger partial charge in [0.2, 0.25) is 5.91 Å². The van der Waals surface area contributed by atoms with Crippen molar-refractivity contribution >= 4 is 5.91 Å². The van der Waals surface area contributed by atoms with Crippen LogP contribution in [-0.2, 0) is 4.79 Å². The Balaban J connectivity index is 2.07. The smallest absolute Gasteiger partial charge is 0.220 e. The van der Waals surface area contributed by atoms with Crippen LogP contribution >= 0.6 is 0 Å². The molecule has 1 amide bonds. The molecule has 2 atom stereocenters. The molecule has 0 bridgehead atoms. The number of nitrogens with one attached hydrogen (secondary N) is 1. The molecule has 0 aromatic carbocycles.